The lowest BCUT2D eigenvalue weighted by Gasteiger charge is -1.94. The Morgan fingerprint density at radius 3 is 2.73 bits per heavy atom. The van der Waals surface area contributed by atoms with E-state index in [0.29, 0.717) is 5.69 Å². The zero-order valence-electron chi connectivity index (χ0n) is 6.02. The van der Waals surface area contributed by atoms with E-state index in [4.69, 9.17) is 10.9 Å². The van der Waals surface area contributed by atoms with Crippen LogP contribution in [0.5, 0.6) is 0 Å². The first-order chi connectivity index (χ1) is 5.24. The van der Waals surface area contributed by atoms with Gasteiger partial charge in [-0.05, 0) is 19.1 Å². The van der Waals surface area contributed by atoms with E-state index in [-0.39, 0.29) is 5.84 Å². The number of amidine groups is 1. The van der Waals surface area contributed by atoms with Crippen molar-refractivity contribution in [2.45, 2.75) is 6.92 Å². The molecule has 0 saturated carbocycles. The van der Waals surface area contributed by atoms with Crippen LogP contribution in [0.25, 0.3) is 0 Å². The van der Waals surface area contributed by atoms with Crippen molar-refractivity contribution in [3.05, 3.63) is 23.5 Å². The molecule has 1 aromatic rings. The van der Waals surface area contributed by atoms with Crippen LogP contribution in [0.4, 0.5) is 0 Å². The third kappa shape index (κ3) is 1.64. The van der Waals surface area contributed by atoms with E-state index >= 15 is 0 Å². The Morgan fingerprint density at radius 2 is 2.27 bits per heavy atom. The van der Waals surface area contributed by atoms with Crippen LogP contribution in [0.2, 0.25) is 0 Å². The maximum atomic E-state index is 8.25. The molecule has 0 aliphatic rings. The average Bonchev–Trinajstić information content (AvgIpc) is 2.05. The Morgan fingerprint density at radius 1 is 1.55 bits per heavy atom. The summed E-state index contributed by atoms with van der Waals surface area (Å²) in [5.74, 6) is -0.0301. The van der Waals surface area contributed by atoms with Gasteiger partial charge in [-0.25, -0.2) is 0 Å². The lowest BCUT2D eigenvalue weighted by atomic mass is 10.3. The van der Waals surface area contributed by atoms with Gasteiger partial charge in [-0.3, -0.25) is 0 Å². The molecule has 5 heteroatoms. The molecule has 0 fully saturated rings. The summed E-state index contributed by atoms with van der Waals surface area (Å²) in [5.41, 5.74) is 6.41. The van der Waals surface area contributed by atoms with Crippen molar-refractivity contribution in [3.63, 3.8) is 0 Å². The Balaban J connectivity index is 2.99. The molecule has 0 aliphatic heterocycles. The van der Waals surface area contributed by atoms with Crippen molar-refractivity contribution in [1.29, 1.82) is 0 Å². The summed E-state index contributed by atoms with van der Waals surface area (Å²) in [4.78, 5) is 0. The fourth-order valence-electron chi connectivity index (χ4n) is 0.587. The van der Waals surface area contributed by atoms with Crippen molar-refractivity contribution in [1.82, 2.24) is 10.2 Å². The smallest absolute Gasteiger partial charge is 0.190 e. The Hall–Kier alpha value is -1.65. The molecule has 1 aromatic heterocycles. The van der Waals surface area contributed by atoms with E-state index in [1.54, 1.807) is 12.1 Å². The largest absolute Gasteiger partial charge is 0.409 e. The first kappa shape index (κ1) is 7.46. The summed E-state index contributed by atoms with van der Waals surface area (Å²) < 4.78 is 0. The highest BCUT2D eigenvalue weighted by atomic mass is 16.4. The Labute approximate surface area is 63.6 Å². The number of hydrogen-bond donors (Lipinski definition) is 2. The van der Waals surface area contributed by atoms with E-state index in [9.17, 15) is 0 Å². The van der Waals surface area contributed by atoms with E-state index in [1.807, 2.05) is 6.92 Å². The van der Waals surface area contributed by atoms with Gasteiger partial charge in [0.05, 0.1) is 5.69 Å². The molecule has 11 heavy (non-hydrogen) atoms. The number of aryl methyl sites for hydroxylation is 1. The third-order valence-electron chi connectivity index (χ3n) is 1.17. The SMILES string of the molecule is Cc1ccc(/C(N)=N/O)nn1. The van der Waals surface area contributed by atoms with Crippen molar-refractivity contribution in [3.8, 4) is 0 Å². The highest BCUT2D eigenvalue weighted by Crippen LogP contribution is 1.93. The van der Waals surface area contributed by atoms with Crippen LogP contribution in [0.3, 0.4) is 0 Å². The van der Waals surface area contributed by atoms with E-state index in [2.05, 4.69) is 15.4 Å². The van der Waals surface area contributed by atoms with Crippen molar-refractivity contribution in [2.75, 3.05) is 0 Å². The Kier molecular flexibility index (Phi) is 2.00. The maximum absolute atomic E-state index is 8.25. The molecule has 5 nitrogen and oxygen atoms in total. The summed E-state index contributed by atoms with van der Waals surface area (Å²) in [6, 6.07) is 3.37. The molecule has 0 aliphatic carbocycles. The number of hydrogen-bond acceptors (Lipinski definition) is 4. The number of oxime groups is 1. The van der Waals surface area contributed by atoms with E-state index in [0.717, 1.165) is 5.69 Å². The van der Waals surface area contributed by atoms with Crippen LogP contribution in [0, 0.1) is 6.92 Å². The quantitative estimate of drug-likeness (QED) is 0.254. The number of aromatic nitrogens is 2. The standard InChI is InChI=1S/C6H8N4O/c1-4-2-3-5(9-8-4)6(7)10-11/h2-3,11H,1H3,(H2,7,10). The van der Waals surface area contributed by atoms with E-state index in [1.165, 1.54) is 0 Å². The van der Waals surface area contributed by atoms with Crippen molar-refractivity contribution < 1.29 is 5.21 Å². The zero-order valence-corrected chi connectivity index (χ0v) is 6.02. The molecule has 58 valence electrons. The van der Waals surface area contributed by atoms with Gasteiger partial charge < -0.3 is 10.9 Å². The second kappa shape index (κ2) is 2.96. The lowest BCUT2D eigenvalue weighted by Crippen LogP contribution is -2.15. The first-order valence-electron chi connectivity index (χ1n) is 3.02. The molecule has 0 saturated heterocycles. The maximum Gasteiger partial charge on any atom is 0.190 e. The van der Waals surface area contributed by atoms with Crippen LogP contribution in [0.15, 0.2) is 17.3 Å². The molecule has 0 bridgehead atoms. The summed E-state index contributed by atoms with van der Waals surface area (Å²) in [6.07, 6.45) is 0. The predicted molar refractivity (Wildman–Crippen MR) is 39.3 cm³/mol. The van der Waals surface area contributed by atoms with E-state index < -0.39 is 0 Å². The van der Waals surface area contributed by atoms with Crippen LogP contribution in [0.1, 0.15) is 11.4 Å². The normalized spacial score (nSPS) is 11.5. The molecule has 0 aromatic carbocycles. The van der Waals surface area contributed by atoms with Gasteiger partial charge in [0.15, 0.2) is 5.84 Å². The topological polar surface area (TPSA) is 84.4 Å². The van der Waals surface area contributed by atoms with Gasteiger partial charge in [-0.15, -0.1) is 5.10 Å². The molecule has 0 unspecified atom stereocenters. The first-order valence-corrected chi connectivity index (χ1v) is 3.02. The average molecular weight is 152 g/mol. The van der Waals surface area contributed by atoms with Gasteiger partial charge >= 0.3 is 0 Å². The predicted octanol–water partition coefficient (Wildman–Crippen LogP) is -0.120. The van der Waals surface area contributed by atoms with Gasteiger partial charge in [0.2, 0.25) is 0 Å². The summed E-state index contributed by atoms with van der Waals surface area (Å²) in [6.45, 7) is 1.81. The lowest BCUT2D eigenvalue weighted by molar-refractivity contribution is 0.318. The fourth-order valence-corrected chi connectivity index (χ4v) is 0.587. The molecular formula is C6H8N4O. The van der Waals surface area contributed by atoms with Crippen LogP contribution in [-0.2, 0) is 0 Å². The highest BCUT2D eigenvalue weighted by molar-refractivity contribution is 5.94. The van der Waals surface area contributed by atoms with Crippen molar-refractivity contribution in [2.24, 2.45) is 10.9 Å². The molecule has 0 radical (unpaired) electrons. The van der Waals surface area contributed by atoms with Crippen LogP contribution < -0.4 is 5.73 Å². The minimum absolute atomic E-state index is 0.0301. The molecule has 0 amide bonds. The number of nitrogens with two attached hydrogens (primary N) is 1. The second-order valence-corrected chi connectivity index (χ2v) is 2.05. The molecule has 3 N–H and O–H groups in total. The molecule has 0 spiro atoms. The monoisotopic (exact) mass is 152 g/mol. The fraction of sp³-hybridized carbons (Fsp3) is 0.167. The molecular weight excluding hydrogens is 144 g/mol. The molecule has 0 atom stereocenters. The van der Waals surface area contributed by atoms with Gasteiger partial charge in [0.1, 0.15) is 5.69 Å². The van der Waals surface area contributed by atoms with Crippen LogP contribution >= 0.6 is 0 Å². The highest BCUT2D eigenvalue weighted by Gasteiger charge is 1.99. The summed E-state index contributed by atoms with van der Waals surface area (Å²) >= 11 is 0. The minimum atomic E-state index is -0.0301. The van der Waals surface area contributed by atoms with Gasteiger partial charge in [-0.1, -0.05) is 5.16 Å². The summed E-state index contributed by atoms with van der Waals surface area (Å²) in [5, 5.41) is 18.4. The zero-order chi connectivity index (χ0) is 8.27. The van der Waals surface area contributed by atoms with Crippen molar-refractivity contribution >= 4 is 5.84 Å². The second-order valence-electron chi connectivity index (χ2n) is 2.05. The third-order valence-corrected chi connectivity index (χ3v) is 1.17. The number of nitrogens with zero attached hydrogens (tertiary/aromatic N) is 3. The minimum Gasteiger partial charge on any atom is -0.409 e. The Bertz CT molecular complexity index is 266. The molecule has 1 heterocycles. The van der Waals surface area contributed by atoms with Gasteiger partial charge in [-0.2, -0.15) is 5.10 Å². The summed E-state index contributed by atoms with van der Waals surface area (Å²) in [7, 11) is 0. The van der Waals surface area contributed by atoms with Crippen LogP contribution in [-0.4, -0.2) is 21.2 Å². The number of rotatable bonds is 1. The van der Waals surface area contributed by atoms with Gasteiger partial charge in [0.25, 0.3) is 0 Å². The van der Waals surface area contributed by atoms with Gasteiger partial charge in [0, 0.05) is 0 Å². The molecule has 1 rings (SSSR count).